The number of anilines is 1. The maximum Gasteiger partial charge on any atom is 0.319 e. The Labute approximate surface area is 112 Å². The zero-order valence-electron chi connectivity index (χ0n) is 11.3. The number of urea groups is 1. The fraction of sp³-hybridized carbons (Fsp3) is 0.462. The molecule has 0 spiro atoms. The van der Waals surface area contributed by atoms with Gasteiger partial charge in [-0.25, -0.2) is 4.79 Å². The number of aryl methyl sites for hydroxylation is 1. The van der Waals surface area contributed by atoms with E-state index in [0.29, 0.717) is 11.4 Å². The van der Waals surface area contributed by atoms with Crippen LogP contribution in [0.4, 0.5) is 10.5 Å². The number of nitrogens with one attached hydrogen (secondary N) is 2. The standard InChI is InChI=1S/C13H19N3O3/c1-8(2)10(12(17)18)7-15-13(19)16-11-5-4-6-14-9(11)3/h4-6,8,10H,7H2,1-3H3,(H,17,18)(H2,15,16,19). The SMILES string of the molecule is Cc1ncccc1NC(=O)NCC(C(=O)O)C(C)C. The summed E-state index contributed by atoms with van der Waals surface area (Å²) in [5.74, 6) is -1.55. The predicted octanol–water partition coefficient (Wildman–Crippen LogP) is 1.87. The van der Waals surface area contributed by atoms with Crippen LogP contribution in [0.3, 0.4) is 0 Å². The van der Waals surface area contributed by atoms with Gasteiger partial charge in [-0.05, 0) is 25.0 Å². The van der Waals surface area contributed by atoms with Crippen LogP contribution < -0.4 is 10.6 Å². The van der Waals surface area contributed by atoms with E-state index in [1.54, 1.807) is 25.3 Å². The van der Waals surface area contributed by atoms with Crippen molar-refractivity contribution in [3.63, 3.8) is 0 Å². The summed E-state index contributed by atoms with van der Waals surface area (Å²) in [5.41, 5.74) is 1.31. The molecule has 6 nitrogen and oxygen atoms in total. The molecule has 1 unspecified atom stereocenters. The highest BCUT2D eigenvalue weighted by atomic mass is 16.4. The highest BCUT2D eigenvalue weighted by Crippen LogP contribution is 2.11. The van der Waals surface area contributed by atoms with Gasteiger partial charge in [-0.2, -0.15) is 0 Å². The lowest BCUT2D eigenvalue weighted by Crippen LogP contribution is -2.37. The molecule has 1 atom stereocenters. The smallest absolute Gasteiger partial charge is 0.319 e. The van der Waals surface area contributed by atoms with Gasteiger partial charge < -0.3 is 15.7 Å². The lowest BCUT2D eigenvalue weighted by atomic mass is 9.96. The summed E-state index contributed by atoms with van der Waals surface area (Å²) in [6.45, 7) is 5.50. The Morgan fingerprint density at radius 3 is 2.63 bits per heavy atom. The Balaban J connectivity index is 2.52. The molecule has 0 fully saturated rings. The van der Waals surface area contributed by atoms with Crippen LogP contribution in [0.1, 0.15) is 19.5 Å². The van der Waals surface area contributed by atoms with Crippen LogP contribution in [0.25, 0.3) is 0 Å². The van der Waals surface area contributed by atoms with Gasteiger partial charge in [-0.1, -0.05) is 13.8 Å². The third-order valence-corrected chi connectivity index (χ3v) is 2.86. The molecule has 104 valence electrons. The van der Waals surface area contributed by atoms with Crippen molar-refractivity contribution >= 4 is 17.7 Å². The lowest BCUT2D eigenvalue weighted by molar-refractivity contribution is -0.142. The van der Waals surface area contributed by atoms with Gasteiger partial charge in [0, 0.05) is 12.7 Å². The first-order chi connectivity index (χ1) is 8.91. The van der Waals surface area contributed by atoms with Crippen molar-refractivity contribution in [1.82, 2.24) is 10.3 Å². The molecule has 1 heterocycles. The first-order valence-corrected chi connectivity index (χ1v) is 6.11. The van der Waals surface area contributed by atoms with Crippen LogP contribution in [0.5, 0.6) is 0 Å². The fourth-order valence-electron chi connectivity index (χ4n) is 1.59. The molecule has 0 saturated carbocycles. The minimum Gasteiger partial charge on any atom is -0.481 e. The average Bonchev–Trinajstić information content (AvgIpc) is 2.31. The fourth-order valence-corrected chi connectivity index (χ4v) is 1.59. The van der Waals surface area contributed by atoms with Crippen LogP contribution in [0.2, 0.25) is 0 Å². The Morgan fingerprint density at radius 2 is 2.11 bits per heavy atom. The van der Waals surface area contributed by atoms with Gasteiger partial charge in [-0.15, -0.1) is 0 Å². The second-order valence-electron chi connectivity index (χ2n) is 4.66. The van der Waals surface area contributed by atoms with Crippen molar-refractivity contribution in [2.45, 2.75) is 20.8 Å². The number of aliphatic carboxylic acids is 1. The number of pyridine rings is 1. The molecule has 0 aromatic carbocycles. The average molecular weight is 265 g/mol. The number of carbonyl (C=O) groups is 2. The summed E-state index contributed by atoms with van der Waals surface area (Å²) in [6.07, 6.45) is 1.64. The zero-order chi connectivity index (χ0) is 14.4. The molecule has 2 amide bonds. The van der Waals surface area contributed by atoms with Crippen molar-refractivity contribution < 1.29 is 14.7 Å². The first kappa shape index (κ1) is 14.9. The number of carboxylic acid groups (broad SMARTS) is 1. The Kier molecular flexibility index (Phi) is 5.29. The maximum atomic E-state index is 11.7. The summed E-state index contributed by atoms with van der Waals surface area (Å²) in [4.78, 5) is 26.7. The summed E-state index contributed by atoms with van der Waals surface area (Å²) < 4.78 is 0. The van der Waals surface area contributed by atoms with Crippen LogP contribution in [0, 0.1) is 18.8 Å². The van der Waals surface area contributed by atoms with Gasteiger partial charge in [0.25, 0.3) is 0 Å². The van der Waals surface area contributed by atoms with Gasteiger partial charge in [0.1, 0.15) is 0 Å². The molecule has 1 aromatic rings. The van der Waals surface area contributed by atoms with Gasteiger partial charge >= 0.3 is 12.0 Å². The molecular weight excluding hydrogens is 246 g/mol. The third kappa shape index (κ3) is 4.57. The second-order valence-corrected chi connectivity index (χ2v) is 4.66. The van der Waals surface area contributed by atoms with E-state index in [1.165, 1.54) is 0 Å². The Bertz CT molecular complexity index is 460. The van der Waals surface area contributed by atoms with Crippen LogP contribution >= 0.6 is 0 Å². The highest BCUT2D eigenvalue weighted by molar-refractivity contribution is 5.90. The van der Waals surface area contributed by atoms with E-state index in [2.05, 4.69) is 15.6 Å². The number of rotatable bonds is 5. The number of carbonyl (C=O) groups excluding carboxylic acids is 1. The molecule has 1 aromatic heterocycles. The molecule has 1 rings (SSSR count). The quantitative estimate of drug-likeness (QED) is 0.758. The molecule has 6 heteroatoms. The number of amides is 2. The van der Waals surface area contributed by atoms with Gasteiger partial charge in [0.15, 0.2) is 0 Å². The number of nitrogens with zero attached hydrogens (tertiary/aromatic N) is 1. The molecule has 3 N–H and O–H groups in total. The number of hydrogen-bond acceptors (Lipinski definition) is 3. The Morgan fingerprint density at radius 1 is 1.42 bits per heavy atom. The predicted molar refractivity (Wildman–Crippen MR) is 72.0 cm³/mol. The normalized spacial score (nSPS) is 12.0. The van der Waals surface area contributed by atoms with Gasteiger partial charge in [0.2, 0.25) is 0 Å². The van der Waals surface area contributed by atoms with Crippen molar-refractivity contribution in [3.8, 4) is 0 Å². The lowest BCUT2D eigenvalue weighted by Gasteiger charge is -2.17. The van der Waals surface area contributed by atoms with E-state index in [0.717, 1.165) is 0 Å². The third-order valence-electron chi connectivity index (χ3n) is 2.86. The minimum absolute atomic E-state index is 0.0436. The monoisotopic (exact) mass is 265 g/mol. The summed E-state index contributed by atoms with van der Waals surface area (Å²) in [6, 6.07) is 3.03. The summed E-state index contributed by atoms with van der Waals surface area (Å²) in [7, 11) is 0. The van der Waals surface area contributed by atoms with E-state index < -0.39 is 17.9 Å². The van der Waals surface area contributed by atoms with E-state index >= 15 is 0 Å². The molecule has 0 aliphatic rings. The van der Waals surface area contributed by atoms with E-state index in [4.69, 9.17) is 5.11 Å². The van der Waals surface area contributed by atoms with E-state index in [9.17, 15) is 9.59 Å². The van der Waals surface area contributed by atoms with Crippen molar-refractivity contribution in [2.75, 3.05) is 11.9 Å². The van der Waals surface area contributed by atoms with Gasteiger partial charge in [-0.3, -0.25) is 9.78 Å². The summed E-state index contributed by atoms with van der Waals surface area (Å²) in [5, 5.41) is 14.2. The van der Waals surface area contributed by atoms with Gasteiger partial charge in [0.05, 0.1) is 17.3 Å². The van der Waals surface area contributed by atoms with E-state index in [-0.39, 0.29) is 12.5 Å². The molecular formula is C13H19N3O3. The second kappa shape index (κ2) is 6.72. The number of carboxylic acids is 1. The Hall–Kier alpha value is -2.11. The molecule has 0 aliphatic heterocycles. The van der Waals surface area contributed by atoms with Crippen LogP contribution in [0.15, 0.2) is 18.3 Å². The molecule has 0 bridgehead atoms. The maximum absolute atomic E-state index is 11.7. The highest BCUT2D eigenvalue weighted by Gasteiger charge is 2.21. The first-order valence-electron chi connectivity index (χ1n) is 6.11. The number of hydrogen-bond donors (Lipinski definition) is 3. The number of aromatic nitrogens is 1. The minimum atomic E-state index is -0.909. The van der Waals surface area contributed by atoms with Crippen LogP contribution in [-0.4, -0.2) is 28.6 Å². The topological polar surface area (TPSA) is 91.3 Å². The van der Waals surface area contributed by atoms with E-state index in [1.807, 2.05) is 13.8 Å². The van der Waals surface area contributed by atoms with Crippen LogP contribution in [-0.2, 0) is 4.79 Å². The largest absolute Gasteiger partial charge is 0.481 e. The molecule has 0 radical (unpaired) electrons. The van der Waals surface area contributed by atoms with Crippen molar-refractivity contribution in [3.05, 3.63) is 24.0 Å². The zero-order valence-corrected chi connectivity index (χ0v) is 11.3. The van der Waals surface area contributed by atoms with Crippen molar-refractivity contribution in [2.24, 2.45) is 11.8 Å². The molecule has 19 heavy (non-hydrogen) atoms. The van der Waals surface area contributed by atoms with Crippen molar-refractivity contribution in [1.29, 1.82) is 0 Å². The molecule has 0 saturated heterocycles. The summed E-state index contributed by atoms with van der Waals surface area (Å²) >= 11 is 0. The molecule has 0 aliphatic carbocycles.